The Balaban J connectivity index is 3.15. The monoisotopic (exact) mass is 270 g/mol. The third kappa shape index (κ3) is 3.18. The molecule has 0 atom stereocenters. The second-order valence-electron chi connectivity index (χ2n) is 2.88. The maximum absolute atomic E-state index is 11.1. The minimum absolute atomic E-state index is 0.234. The molecule has 1 N–H and O–H groups in total. The van der Waals surface area contributed by atoms with E-state index in [2.05, 4.69) is 15.9 Å². The standard InChI is InChI=1S/C11H11BrO3/c1-15-7-9(12)10(11(13)14)8-5-3-2-4-6-8/h2-6H,7H2,1H3,(H,13,14)/b10-9-. The SMILES string of the molecule is COC/C(Br)=C(/C(=O)O)c1ccccc1. The summed E-state index contributed by atoms with van der Waals surface area (Å²) in [4.78, 5) is 11.1. The van der Waals surface area contributed by atoms with Crippen LogP contribution in [0, 0.1) is 0 Å². The average Bonchev–Trinajstić information content (AvgIpc) is 2.19. The van der Waals surface area contributed by atoms with Crippen molar-refractivity contribution in [2.24, 2.45) is 0 Å². The van der Waals surface area contributed by atoms with Gasteiger partial charge in [0.1, 0.15) is 0 Å². The summed E-state index contributed by atoms with van der Waals surface area (Å²) in [5.74, 6) is -0.967. The Kier molecular flexibility index (Phi) is 4.52. The van der Waals surface area contributed by atoms with Crippen molar-refractivity contribution in [2.75, 3.05) is 13.7 Å². The van der Waals surface area contributed by atoms with Crippen molar-refractivity contribution in [2.45, 2.75) is 0 Å². The first kappa shape index (κ1) is 11.9. The first-order valence-electron chi connectivity index (χ1n) is 4.33. The Morgan fingerprint density at radius 2 is 2.00 bits per heavy atom. The highest BCUT2D eigenvalue weighted by molar-refractivity contribution is 9.11. The van der Waals surface area contributed by atoms with E-state index in [4.69, 9.17) is 9.84 Å². The molecule has 0 spiro atoms. The normalized spacial score (nSPS) is 12.1. The fourth-order valence-corrected chi connectivity index (χ4v) is 1.83. The molecule has 0 aromatic heterocycles. The highest BCUT2D eigenvalue weighted by Crippen LogP contribution is 2.23. The van der Waals surface area contributed by atoms with E-state index in [0.717, 1.165) is 0 Å². The van der Waals surface area contributed by atoms with Gasteiger partial charge in [-0.25, -0.2) is 4.79 Å². The Bertz CT molecular complexity index is 371. The highest BCUT2D eigenvalue weighted by Gasteiger charge is 2.14. The van der Waals surface area contributed by atoms with E-state index in [0.29, 0.717) is 10.0 Å². The number of carboxylic acid groups (broad SMARTS) is 1. The average molecular weight is 271 g/mol. The predicted octanol–water partition coefficient (Wildman–Crippen LogP) is 2.52. The molecule has 0 aliphatic heterocycles. The molecule has 1 aromatic carbocycles. The van der Waals surface area contributed by atoms with Crippen LogP contribution in [0.2, 0.25) is 0 Å². The van der Waals surface area contributed by atoms with Crippen LogP contribution >= 0.6 is 15.9 Å². The van der Waals surface area contributed by atoms with Crippen LogP contribution in [0.25, 0.3) is 5.57 Å². The van der Waals surface area contributed by atoms with Gasteiger partial charge in [-0.1, -0.05) is 46.3 Å². The second-order valence-corrected chi connectivity index (χ2v) is 3.84. The van der Waals surface area contributed by atoms with Gasteiger partial charge in [0.2, 0.25) is 0 Å². The van der Waals surface area contributed by atoms with Crippen molar-refractivity contribution < 1.29 is 14.6 Å². The lowest BCUT2D eigenvalue weighted by atomic mass is 10.1. The molecular weight excluding hydrogens is 260 g/mol. The van der Waals surface area contributed by atoms with Gasteiger partial charge in [0.05, 0.1) is 12.2 Å². The van der Waals surface area contributed by atoms with Crippen LogP contribution in [-0.2, 0) is 9.53 Å². The van der Waals surface area contributed by atoms with Gasteiger partial charge in [0, 0.05) is 11.6 Å². The molecule has 0 bridgehead atoms. The fraction of sp³-hybridized carbons (Fsp3) is 0.182. The number of hydrogen-bond donors (Lipinski definition) is 1. The number of halogens is 1. The zero-order chi connectivity index (χ0) is 11.3. The minimum Gasteiger partial charge on any atom is -0.478 e. The molecule has 0 saturated heterocycles. The Morgan fingerprint density at radius 3 is 2.47 bits per heavy atom. The second kappa shape index (κ2) is 5.68. The summed E-state index contributed by atoms with van der Waals surface area (Å²) in [6, 6.07) is 8.94. The maximum Gasteiger partial charge on any atom is 0.337 e. The topological polar surface area (TPSA) is 46.5 Å². The number of ether oxygens (including phenoxy) is 1. The number of hydrogen-bond acceptors (Lipinski definition) is 2. The number of rotatable bonds is 4. The molecule has 3 nitrogen and oxygen atoms in total. The summed E-state index contributed by atoms with van der Waals surface area (Å²) in [6.45, 7) is 0.247. The zero-order valence-electron chi connectivity index (χ0n) is 8.24. The lowest BCUT2D eigenvalue weighted by molar-refractivity contribution is -0.130. The van der Waals surface area contributed by atoms with Crippen LogP contribution in [0.15, 0.2) is 34.8 Å². The Labute approximate surface area is 96.5 Å². The van der Waals surface area contributed by atoms with E-state index in [1.807, 2.05) is 6.07 Å². The Hall–Kier alpha value is -1.13. The van der Waals surface area contributed by atoms with Crippen molar-refractivity contribution in [3.05, 3.63) is 40.4 Å². The van der Waals surface area contributed by atoms with Gasteiger partial charge in [-0.15, -0.1) is 0 Å². The molecule has 0 radical (unpaired) electrons. The summed E-state index contributed by atoms with van der Waals surface area (Å²) < 4.78 is 5.42. The molecule has 80 valence electrons. The third-order valence-electron chi connectivity index (χ3n) is 1.82. The molecule has 0 aliphatic carbocycles. The lowest BCUT2D eigenvalue weighted by Gasteiger charge is -2.06. The van der Waals surface area contributed by atoms with Crippen molar-refractivity contribution >= 4 is 27.5 Å². The van der Waals surface area contributed by atoms with E-state index in [1.165, 1.54) is 7.11 Å². The van der Waals surface area contributed by atoms with Crippen molar-refractivity contribution in [1.82, 2.24) is 0 Å². The number of benzene rings is 1. The van der Waals surface area contributed by atoms with Crippen molar-refractivity contribution in [1.29, 1.82) is 0 Å². The number of carbonyl (C=O) groups is 1. The predicted molar refractivity (Wildman–Crippen MR) is 61.8 cm³/mol. The third-order valence-corrected chi connectivity index (χ3v) is 2.44. The van der Waals surface area contributed by atoms with E-state index >= 15 is 0 Å². The molecule has 1 aromatic rings. The first-order valence-corrected chi connectivity index (χ1v) is 5.12. The van der Waals surface area contributed by atoms with E-state index in [9.17, 15) is 4.79 Å². The first-order chi connectivity index (χ1) is 7.16. The van der Waals surface area contributed by atoms with Gasteiger partial charge in [-0.05, 0) is 5.56 Å². The molecule has 0 saturated carbocycles. The van der Waals surface area contributed by atoms with Gasteiger partial charge in [0.15, 0.2) is 0 Å². The van der Waals surface area contributed by atoms with Gasteiger partial charge in [0.25, 0.3) is 0 Å². The van der Waals surface area contributed by atoms with Crippen LogP contribution in [0.3, 0.4) is 0 Å². The molecule has 1 rings (SSSR count). The number of methoxy groups -OCH3 is 1. The summed E-state index contributed by atoms with van der Waals surface area (Å²) in [6.07, 6.45) is 0. The van der Waals surface area contributed by atoms with Crippen LogP contribution < -0.4 is 0 Å². The molecule has 0 heterocycles. The molecule has 0 fully saturated rings. The van der Waals surface area contributed by atoms with Crippen LogP contribution in [0.4, 0.5) is 0 Å². The van der Waals surface area contributed by atoms with E-state index in [1.54, 1.807) is 24.3 Å². The maximum atomic E-state index is 11.1. The molecule has 0 aliphatic rings. The molecular formula is C11H11BrO3. The quantitative estimate of drug-likeness (QED) is 0.856. The largest absolute Gasteiger partial charge is 0.478 e. The summed E-state index contributed by atoms with van der Waals surface area (Å²) >= 11 is 3.22. The minimum atomic E-state index is -0.967. The number of carboxylic acids is 1. The van der Waals surface area contributed by atoms with Gasteiger partial charge < -0.3 is 9.84 Å². The summed E-state index contributed by atoms with van der Waals surface area (Å²) in [5.41, 5.74) is 0.895. The smallest absolute Gasteiger partial charge is 0.337 e. The molecule has 15 heavy (non-hydrogen) atoms. The van der Waals surface area contributed by atoms with Crippen molar-refractivity contribution in [3.63, 3.8) is 0 Å². The highest BCUT2D eigenvalue weighted by atomic mass is 79.9. The van der Waals surface area contributed by atoms with Gasteiger partial charge in [-0.2, -0.15) is 0 Å². The number of aliphatic carboxylic acids is 1. The van der Waals surface area contributed by atoms with E-state index in [-0.39, 0.29) is 12.2 Å². The van der Waals surface area contributed by atoms with Crippen molar-refractivity contribution in [3.8, 4) is 0 Å². The van der Waals surface area contributed by atoms with Crippen LogP contribution in [0.5, 0.6) is 0 Å². The fourth-order valence-electron chi connectivity index (χ4n) is 1.20. The van der Waals surface area contributed by atoms with Gasteiger partial charge in [-0.3, -0.25) is 0 Å². The molecule has 0 unspecified atom stereocenters. The van der Waals surface area contributed by atoms with Crippen LogP contribution in [-0.4, -0.2) is 24.8 Å². The zero-order valence-corrected chi connectivity index (χ0v) is 9.82. The van der Waals surface area contributed by atoms with Crippen LogP contribution in [0.1, 0.15) is 5.56 Å². The molecule has 4 heteroatoms. The summed E-state index contributed by atoms with van der Waals surface area (Å²) in [5, 5.41) is 9.08. The molecule has 0 amide bonds. The van der Waals surface area contributed by atoms with E-state index < -0.39 is 5.97 Å². The summed E-state index contributed by atoms with van der Waals surface area (Å²) in [7, 11) is 1.52. The Morgan fingerprint density at radius 1 is 1.40 bits per heavy atom. The van der Waals surface area contributed by atoms with Gasteiger partial charge >= 0.3 is 5.97 Å². The lowest BCUT2D eigenvalue weighted by Crippen LogP contribution is -2.04.